The average Bonchev–Trinajstić information content (AvgIpc) is 2.83. The van der Waals surface area contributed by atoms with Crippen LogP contribution in [0, 0.1) is 3.57 Å². The molecule has 2 aliphatic rings. The molecular formula is C24H26INO5. The molecule has 2 atom stereocenters. The fourth-order valence-electron chi connectivity index (χ4n) is 3.71. The molecule has 2 heterocycles. The summed E-state index contributed by atoms with van der Waals surface area (Å²) in [6.45, 7) is 2.61. The van der Waals surface area contributed by atoms with Gasteiger partial charge >= 0.3 is 0 Å². The molecule has 31 heavy (non-hydrogen) atoms. The fraction of sp³-hybridized carbons (Fsp3) is 0.375. The Kier molecular flexibility index (Phi) is 7.60. The molecule has 1 saturated heterocycles. The second-order valence-corrected chi connectivity index (χ2v) is 8.91. The van der Waals surface area contributed by atoms with Gasteiger partial charge in [0.1, 0.15) is 0 Å². The highest BCUT2D eigenvalue weighted by Crippen LogP contribution is 2.33. The van der Waals surface area contributed by atoms with E-state index in [2.05, 4.69) is 46.9 Å². The molecule has 2 aromatic carbocycles. The van der Waals surface area contributed by atoms with Crippen molar-refractivity contribution in [3.8, 4) is 0 Å². The first-order chi connectivity index (χ1) is 15.1. The number of amides is 1. The third-order valence-corrected chi connectivity index (χ3v) is 6.23. The quantitative estimate of drug-likeness (QED) is 0.574. The molecule has 1 N–H and O–H groups in total. The van der Waals surface area contributed by atoms with Crippen molar-refractivity contribution in [3.05, 3.63) is 80.6 Å². The van der Waals surface area contributed by atoms with Gasteiger partial charge in [-0.05, 0) is 57.5 Å². The number of hydrogen-bond acceptors (Lipinski definition) is 5. The van der Waals surface area contributed by atoms with Crippen molar-refractivity contribution in [2.45, 2.75) is 31.8 Å². The Balaban J connectivity index is 1.49. The minimum absolute atomic E-state index is 0.0162. The van der Waals surface area contributed by atoms with Gasteiger partial charge in [-0.15, -0.1) is 0 Å². The number of rotatable bonds is 6. The molecule has 1 amide bonds. The van der Waals surface area contributed by atoms with E-state index in [1.54, 1.807) is 4.90 Å². The molecule has 164 valence electrons. The number of ether oxygens (including phenoxy) is 3. The van der Waals surface area contributed by atoms with E-state index >= 15 is 0 Å². The number of morpholine rings is 1. The molecule has 0 unspecified atom stereocenters. The Labute approximate surface area is 195 Å². The van der Waals surface area contributed by atoms with Gasteiger partial charge in [-0.3, -0.25) is 4.79 Å². The van der Waals surface area contributed by atoms with E-state index in [1.165, 1.54) is 3.57 Å². The van der Waals surface area contributed by atoms with Gasteiger partial charge in [0.05, 0.1) is 26.4 Å². The summed E-state index contributed by atoms with van der Waals surface area (Å²) in [6, 6.07) is 15.9. The maximum atomic E-state index is 13.1. The third-order valence-electron chi connectivity index (χ3n) is 5.51. The molecule has 1 fully saturated rings. The summed E-state index contributed by atoms with van der Waals surface area (Å²) in [5.74, 6) is 0.268. The fourth-order valence-corrected chi connectivity index (χ4v) is 4.07. The second kappa shape index (κ2) is 10.6. The molecule has 7 heteroatoms. The van der Waals surface area contributed by atoms with Crippen molar-refractivity contribution < 1.29 is 24.1 Å². The largest absolute Gasteiger partial charge is 0.459 e. The number of benzene rings is 2. The Bertz CT molecular complexity index is 907. The van der Waals surface area contributed by atoms with E-state index in [1.807, 2.05) is 30.3 Å². The molecule has 6 nitrogen and oxygen atoms in total. The van der Waals surface area contributed by atoms with E-state index in [9.17, 15) is 9.90 Å². The number of carbonyl (C=O) groups is 1. The van der Waals surface area contributed by atoms with Gasteiger partial charge in [-0.25, -0.2) is 0 Å². The highest BCUT2D eigenvalue weighted by molar-refractivity contribution is 14.1. The number of aliphatic hydroxyl groups is 1. The van der Waals surface area contributed by atoms with Crippen LogP contribution in [0.1, 0.15) is 29.0 Å². The van der Waals surface area contributed by atoms with Crippen LogP contribution in [0.5, 0.6) is 0 Å². The van der Waals surface area contributed by atoms with E-state index in [4.69, 9.17) is 14.2 Å². The van der Waals surface area contributed by atoms with E-state index in [0.29, 0.717) is 45.1 Å². The Morgan fingerprint density at radius 1 is 1.06 bits per heavy atom. The number of hydrogen-bond donors (Lipinski definition) is 1. The van der Waals surface area contributed by atoms with E-state index in [-0.39, 0.29) is 18.4 Å². The summed E-state index contributed by atoms with van der Waals surface area (Å²) in [4.78, 5) is 14.8. The van der Waals surface area contributed by atoms with Crippen LogP contribution in [-0.4, -0.2) is 48.5 Å². The van der Waals surface area contributed by atoms with Crippen molar-refractivity contribution >= 4 is 28.5 Å². The molecule has 2 aliphatic heterocycles. The molecule has 0 aliphatic carbocycles. The van der Waals surface area contributed by atoms with Crippen molar-refractivity contribution in [2.24, 2.45) is 0 Å². The maximum Gasteiger partial charge on any atom is 0.288 e. The van der Waals surface area contributed by atoms with Crippen LogP contribution >= 0.6 is 22.6 Å². The summed E-state index contributed by atoms with van der Waals surface area (Å²) in [7, 11) is 0. The van der Waals surface area contributed by atoms with Crippen molar-refractivity contribution in [3.63, 3.8) is 0 Å². The molecule has 0 spiro atoms. The highest BCUT2D eigenvalue weighted by atomic mass is 127. The highest BCUT2D eigenvalue weighted by Gasteiger charge is 2.31. The first-order valence-electron chi connectivity index (χ1n) is 10.4. The third kappa shape index (κ3) is 5.85. The van der Waals surface area contributed by atoms with Gasteiger partial charge in [0, 0.05) is 29.0 Å². The van der Waals surface area contributed by atoms with Crippen LogP contribution in [0.4, 0.5) is 0 Å². The first kappa shape index (κ1) is 22.3. The topological polar surface area (TPSA) is 68.2 Å². The van der Waals surface area contributed by atoms with Crippen LogP contribution in [0.3, 0.4) is 0 Å². The number of allylic oxidation sites excluding steroid dienone is 1. The lowest BCUT2D eigenvalue weighted by Crippen LogP contribution is -2.43. The molecule has 0 bridgehead atoms. The standard InChI is InChI=1S/C24H26INO5/c25-21-7-5-19(6-8-21)20-13-22(24(28)26-9-11-29-12-10-26)31-23(14-20)30-16-18-3-1-17(15-27)2-4-18/h1-8,13,20,23,27H,9-12,14-16H2/t20-,23+/m0/s1. The lowest BCUT2D eigenvalue weighted by Gasteiger charge is -2.33. The zero-order chi connectivity index (χ0) is 21.6. The monoisotopic (exact) mass is 535 g/mol. The van der Waals surface area contributed by atoms with E-state index < -0.39 is 6.29 Å². The Hall–Kier alpha value is -1.94. The lowest BCUT2D eigenvalue weighted by atomic mass is 9.93. The molecular weight excluding hydrogens is 509 g/mol. The van der Waals surface area contributed by atoms with Crippen LogP contribution in [-0.2, 0) is 32.2 Å². The van der Waals surface area contributed by atoms with Crippen molar-refractivity contribution in [1.82, 2.24) is 4.90 Å². The van der Waals surface area contributed by atoms with Gasteiger partial charge in [0.2, 0.25) is 6.29 Å². The van der Waals surface area contributed by atoms with Gasteiger partial charge in [-0.2, -0.15) is 0 Å². The zero-order valence-electron chi connectivity index (χ0n) is 17.2. The van der Waals surface area contributed by atoms with Crippen LogP contribution in [0.2, 0.25) is 0 Å². The minimum atomic E-state index is -0.521. The summed E-state index contributed by atoms with van der Waals surface area (Å²) in [5, 5.41) is 9.20. The molecule has 2 aromatic rings. The Morgan fingerprint density at radius 3 is 2.42 bits per heavy atom. The number of carbonyl (C=O) groups excluding carboxylic acids is 1. The molecule has 0 radical (unpaired) electrons. The van der Waals surface area contributed by atoms with Gasteiger partial charge in [0.15, 0.2) is 5.76 Å². The smallest absolute Gasteiger partial charge is 0.288 e. The van der Waals surface area contributed by atoms with Gasteiger partial charge in [-0.1, -0.05) is 36.4 Å². The summed E-state index contributed by atoms with van der Waals surface area (Å²) >= 11 is 2.29. The van der Waals surface area contributed by atoms with Crippen LogP contribution < -0.4 is 0 Å². The van der Waals surface area contributed by atoms with Crippen molar-refractivity contribution in [2.75, 3.05) is 26.3 Å². The second-order valence-electron chi connectivity index (χ2n) is 7.66. The lowest BCUT2D eigenvalue weighted by molar-refractivity contribution is -0.158. The minimum Gasteiger partial charge on any atom is -0.459 e. The predicted octanol–water partition coefficient (Wildman–Crippen LogP) is 3.57. The van der Waals surface area contributed by atoms with Crippen LogP contribution in [0.25, 0.3) is 0 Å². The number of halogens is 1. The predicted molar refractivity (Wildman–Crippen MR) is 124 cm³/mol. The number of nitrogens with zero attached hydrogens (tertiary/aromatic N) is 1. The molecule has 0 saturated carbocycles. The maximum absolute atomic E-state index is 13.1. The summed E-state index contributed by atoms with van der Waals surface area (Å²) in [6.07, 6.45) is 2.04. The summed E-state index contributed by atoms with van der Waals surface area (Å²) < 4.78 is 18.6. The Morgan fingerprint density at radius 2 is 1.74 bits per heavy atom. The summed E-state index contributed by atoms with van der Waals surface area (Å²) in [5.41, 5.74) is 2.98. The normalized spacial score (nSPS) is 21.4. The molecule has 0 aromatic heterocycles. The zero-order valence-corrected chi connectivity index (χ0v) is 19.4. The number of aliphatic hydroxyl groups excluding tert-OH is 1. The van der Waals surface area contributed by atoms with Crippen molar-refractivity contribution in [1.29, 1.82) is 0 Å². The first-order valence-corrected chi connectivity index (χ1v) is 11.5. The van der Waals surface area contributed by atoms with Gasteiger partial charge in [0.25, 0.3) is 5.91 Å². The van der Waals surface area contributed by atoms with E-state index in [0.717, 1.165) is 16.7 Å². The van der Waals surface area contributed by atoms with Crippen LogP contribution in [0.15, 0.2) is 60.4 Å². The SMILES string of the molecule is O=C(C1=C[C@H](c2ccc(I)cc2)C[C@H](OCc2ccc(CO)cc2)O1)N1CCOCC1. The average molecular weight is 535 g/mol. The van der Waals surface area contributed by atoms with Gasteiger partial charge < -0.3 is 24.2 Å². The molecule has 4 rings (SSSR count).